The number of halogens is 1. The molecule has 0 saturated heterocycles. The molecule has 0 atom stereocenters. The Hall–Kier alpha value is -3.01. The Bertz CT molecular complexity index is 1270. The molecule has 32 heavy (non-hydrogen) atoms. The average molecular weight is 528 g/mol. The second kappa shape index (κ2) is 9.64. The number of aromatic nitrogens is 1. The first-order chi connectivity index (χ1) is 15.5. The molecule has 0 saturated carbocycles. The summed E-state index contributed by atoms with van der Waals surface area (Å²) in [5, 5.41) is 6.85. The average Bonchev–Trinajstić information content (AvgIpc) is 3.24. The maximum absolute atomic E-state index is 12.7. The standard InChI is InChI=1S/C23H18BrN3O3S2/c1-29-15-9-13(10-16(12-15)30-2)21(28)27-23(31)26-18-8-7-14(24)11-17(18)22-25-19-5-3-4-6-20(19)32-22/h3-12H,1-2H3,(H2,26,27,28,31). The van der Waals surface area contributed by atoms with Gasteiger partial charge in [0.2, 0.25) is 0 Å². The molecule has 0 aliphatic heterocycles. The predicted octanol–water partition coefficient (Wildman–Crippen LogP) is 5.87. The summed E-state index contributed by atoms with van der Waals surface area (Å²) >= 11 is 10.5. The second-order valence-electron chi connectivity index (χ2n) is 6.69. The molecule has 0 aliphatic rings. The molecule has 1 amide bonds. The first-order valence-corrected chi connectivity index (χ1v) is 11.5. The highest BCUT2D eigenvalue weighted by molar-refractivity contribution is 9.10. The molecule has 0 spiro atoms. The summed E-state index contributed by atoms with van der Waals surface area (Å²) in [5.41, 5.74) is 2.91. The van der Waals surface area contributed by atoms with Gasteiger partial charge in [-0.25, -0.2) is 4.98 Å². The lowest BCUT2D eigenvalue weighted by Crippen LogP contribution is -2.34. The van der Waals surface area contributed by atoms with E-state index < -0.39 is 0 Å². The number of thiocarbonyl (C=S) groups is 1. The van der Waals surface area contributed by atoms with Crippen molar-refractivity contribution in [2.45, 2.75) is 0 Å². The van der Waals surface area contributed by atoms with Crippen molar-refractivity contribution in [3.8, 4) is 22.1 Å². The van der Waals surface area contributed by atoms with Gasteiger partial charge >= 0.3 is 0 Å². The number of nitrogens with zero attached hydrogens (tertiary/aromatic N) is 1. The monoisotopic (exact) mass is 527 g/mol. The van der Waals surface area contributed by atoms with E-state index in [1.807, 2.05) is 42.5 Å². The molecular weight excluding hydrogens is 510 g/mol. The number of nitrogens with one attached hydrogen (secondary N) is 2. The van der Waals surface area contributed by atoms with E-state index in [-0.39, 0.29) is 11.0 Å². The van der Waals surface area contributed by atoms with Gasteiger partial charge < -0.3 is 14.8 Å². The van der Waals surface area contributed by atoms with Gasteiger partial charge in [-0.1, -0.05) is 28.1 Å². The Labute approximate surface area is 202 Å². The van der Waals surface area contributed by atoms with E-state index in [0.717, 1.165) is 30.9 Å². The number of carbonyl (C=O) groups is 1. The molecule has 6 nitrogen and oxygen atoms in total. The minimum absolute atomic E-state index is 0.168. The van der Waals surface area contributed by atoms with Crippen LogP contribution in [-0.4, -0.2) is 30.2 Å². The zero-order valence-corrected chi connectivity index (χ0v) is 20.4. The Kier molecular flexibility index (Phi) is 6.69. The van der Waals surface area contributed by atoms with Crippen LogP contribution in [0.4, 0.5) is 5.69 Å². The maximum atomic E-state index is 12.7. The van der Waals surface area contributed by atoms with Crippen molar-refractivity contribution in [2.75, 3.05) is 19.5 Å². The van der Waals surface area contributed by atoms with Crippen LogP contribution in [0.15, 0.2) is 65.1 Å². The highest BCUT2D eigenvalue weighted by atomic mass is 79.9. The third-order valence-corrected chi connectivity index (χ3v) is 6.36. The molecule has 9 heteroatoms. The largest absolute Gasteiger partial charge is 0.497 e. The molecule has 4 rings (SSSR count). The highest BCUT2D eigenvalue weighted by Crippen LogP contribution is 2.36. The Morgan fingerprint density at radius 3 is 2.44 bits per heavy atom. The van der Waals surface area contributed by atoms with E-state index in [1.165, 1.54) is 14.2 Å². The van der Waals surface area contributed by atoms with Crippen molar-refractivity contribution in [3.05, 3.63) is 70.7 Å². The number of methoxy groups -OCH3 is 2. The zero-order valence-electron chi connectivity index (χ0n) is 17.1. The number of anilines is 1. The van der Waals surface area contributed by atoms with E-state index in [2.05, 4.69) is 26.6 Å². The summed E-state index contributed by atoms with van der Waals surface area (Å²) in [6.45, 7) is 0. The van der Waals surface area contributed by atoms with Gasteiger partial charge in [0.15, 0.2) is 5.11 Å². The molecule has 0 bridgehead atoms. The topological polar surface area (TPSA) is 72.5 Å². The van der Waals surface area contributed by atoms with Crippen LogP contribution < -0.4 is 20.1 Å². The molecule has 4 aromatic rings. The molecule has 3 aromatic carbocycles. The number of fused-ring (bicyclic) bond motifs is 1. The normalized spacial score (nSPS) is 10.6. The van der Waals surface area contributed by atoms with Crippen LogP contribution in [0.2, 0.25) is 0 Å². The summed E-state index contributed by atoms with van der Waals surface area (Å²) in [4.78, 5) is 17.5. The van der Waals surface area contributed by atoms with Crippen LogP contribution in [0.5, 0.6) is 11.5 Å². The van der Waals surface area contributed by atoms with Gasteiger partial charge in [-0.05, 0) is 54.7 Å². The Balaban J connectivity index is 1.57. The van der Waals surface area contributed by atoms with E-state index >= 15 is 0 Å². The third-order valence-electron chi connectivity index (χ3n) is 4.59. The lowest BCUT2D eigenvalue weighted by atomic mass is 10.2. The van der Waals surface area contributed by atoms with Crippen LogP contribution in [0.3, 0.4) is 0 Å². The fourth-order valence-electron chi connectivity index (χ4n) is 3.06. The fourth-order valence-corrected chi connectivity index (χ4v) is 4.62. The predicted molar refractivity (Wildman–Crippen MR) is 136 cm³/mol. The van der Waals surface area contributed by atoms with Crippen molar-refractivity contribution in [2.24, 2.45) is 0 Å². The van der Waals surface area contributed by atoms with E-state index in [1.54, 1.807) is 29.5 Å². The number of hydrogen-bond acceptors (Lipinski definition) is 6. The summed E-state index contributed by atoms with van der Waals surface area (Å²) in [5.74, 6) is 0.650. The molecule has 0 aliphatic carbocycles. The van der Waals surface area contributed by atoms with Crippen LogP contribution in [-0.2, 0) is 0 Å². The number of ether oxygens (including phenoxy) is 2. The number of carbonyl (C=O) groups excluding carboxylic acids is 1. The zero-order chi connectivity index (χ0) is 22.7. The first-order valence-electron chi connectivity index (χ1n) is 9.47. The Morgan fingerprint density at radius 1 is 1.03 bits per heavy atom. The van der Waals surface area contributed by atoms with Gasteiger partial charge in [-0.15, -0.1) is 11.3 Å². The summed E-state index contributed by atoms with van der Waals surface area (Å²) in [6.07, 6.45) is 0. The molecule has 2 N–H and O–H groups in total. The van der Waals surface area contributed by atoms with Crippen LogP contribution >= 0.6 is 39.5 Å². The quantitative estimate of drug-likeness (QED) is 0.316. The molecular formula is C23H18BrN3O3S2. The van der Waals surface area contributed by atoms with E-state index in [4.69, 9.17) is 26.7 Å². The molecule has 0 radical (unpaired) electrons. The number of thiazole rings is 1. The van der Waals surface area contributed by atoms with Crippen molar-refractivity contribution in [3.63, 3.8) is 0 Å². The number of para-hydroxylation sites is 1. The number of rotatable bonds is 5. The van der Waals surface area contributed by atoms with E-state index in [9.17, 15) is 4.79 Å². The van der Waals surface area contributed by atoms with Gasteiger partial charge in [0.25, 0.3) is 5.91 Å². The van der Waals surface area contributed by atoms with Crippen molar-refractivity contribution in [1.82, 2.24) is 10.3 Å². The number of benzene rings is 3. The summed E-state index contributed by atoms with van der Waals surface area (Å²) in [6, 6.07) is 18.7. The van der Waals surface area contributed by atoms with Gasteiger partial charge in [-0.3, -0.25) is 10.1 Å². The second-order valence-corrected chi connectivity index (χ2v) is 9.04. The Morgan fingerprint density at radius 2 is 1.75 bits per heavy atom. The lowest BCUT2D eigenvalue weighted by Gasteiger charge is -2.14. The van der Waals surface area contributed by atoms with Gasteiger partial charge in [-0.2, -0.15) is 0 Å². The van der Waals surface area contributed by atoms with Crippen molar-refractivity contribution >= 4 is 66.4 Å². The smallest absolute Gasteiger partial charge is 0.257 e. The molecule has 1 aromatic heterocycles. The summed E-state index contributed by atoms with van der Waals surface area (Å²) < 4.78 is 12.5. The number of hydrogen-bond donors (Lipinski definition) is 2. The first kappa shape index (κ1) is 22.2. The van der Waals surface area contributed by atoms with Gasteiger partial charge in [0.1, 0.15) is 16.5 Å². The van der Waals surface area contributed by atoms with Crippen molar-refractivity contribution < 1.29 is 14.3 Å². The molecule has 0 unspecified atom stereocenters. The minimum atomic E-state index is -0.377. The fraction of sp³-hybridized carbons (Fsp3) is 0.0870. The SMILES string of the molecule is COc1cc(OC)cc(C(=O)NC(=S)Nc2ccc(Br)cc2-c2nc3ccccc3s2)c1. The van der Waals surface area contributed by atoms with Gasteiger partial charge in [0, 0.05) is 21.7 Å². The molecule has 0 fully saturated rings. The minimum Gasteiger partial charge on any atom is -0.497 e. The number of amides is 1. The lowest BCUT2D eigenvalue weighted by molar-refractivity contribution is 0.0977. The maximum Gasteiger partial charge on any atom is 0.257 e. The summed E-state index contributed by atoms with van der Waals surface area (Å²) in [7, 11) is 3.06. The molecule has 162 valence electrons. The highest BCUT2D eigenvalue weighted by Gasteiger charge is 2.15. The molecule has 1 heterocycles. The third kappa shape index (κ3) is 4.90. The van der Waals surface area contributed by atoms with Gasteiger partial charge in [0.05, 0.1) is 30.1 Å². The van der Waals surface area contributed by atoms with Crippen molar-refractivity contribution in [1.29, 1.82) is 0 Å². The van der Waals surface area contributed by atoms with E-state index in [0.29, 0.717) is 17.1 Å². The van der Waals surface area contributed by atoms with Crippen LogP contribution in [0.25, 0.3) is 20.8 Å². The van der Waals surface area contributed by atoms with Crippen LogP contribution in [0.1, 0.15) is 10.4 Å². The van der Waals surface area contributed by atoms with Crippen LogP contribution in [0, 0.1) is 0 Å².